The molecule has 3 heteroatoms. The number of hydrogen-bond acceptors (Lipinski definition) is 2. The molecule has 1 aromatic carbocycles. The molecule has 1 fully saturated rings. The van der Waals surface area contributed by atoms with Crippen LogP contribution in [-0.4, -0.2) is 23.7 Å². The van der Waals surface area contributed by atoms with Crippen molar-refractivity contribution in [2.24, 2.45) is 0 Å². The van der Waals surface area contributed by atoms with Crippen molar-refractivity contribution in [2.45, 2.75) is 39.2 Å². The Morgan fingerprint density at radius 3 is 2.82 bits per heavy atom. The molecule has 0 saturated carbocycles. The molecular formula is C14H19NO2. The second-order valence-corrected chi connectivity index (χ2v) is 4.86. The molecule has 17 heavy (non-hydrogen) atoms. The highest BCUT2D eigenvalue weighted by atomic mass is 16.4. The second kappa shape index (κ2) is 4.78. The minimum Gasteiger partial charge on any atom is -0.478 e. The van der Waals surface area contributed by atoms with Crippen LogP contribution in [0.5, 0.6) is 0 Å². The van der Waals surface area contributed by atoms with E-state index in [1.165, 1.54) is 6.42 Å². The number of aromatic carboxylic acids is 1. The van der Waals surface area contributed by atoms with Crippen LogP contribution in [-0.2, 0) is 0 Å². The molecule has 0 aliphatic carbocycles. The molecule has 0 bridgehead atoms. The number of nitrogens with zero attached hydrogens (tertiary/aromatic N) is 1. The molecule has 1 saturated heterocycles. The van der Waals surface area contributed by atoms with Gasteiger partial charge in [-0.15, -0.1) is 0 Å². The first-order valence-electron chi connectivity index (χ1n) is 6.20. The Labute approximate surface area is 102 Å². The fourth-order valence-corrected chi connectivity index (χ4v) is 2.52. The Balaban J connectivity index is 2.41. The van der Waals surface area contributed by atoms with Crippen LogP contribution in [0.2, 0.25) is 0 Å². The van der Waals surface area contributed by atoms with Gasteiger partial charge in [-0.05, 0) is 50.8 Å². The Hall–Kier alpha value is -1.51. The van der Waals surface area contributed by atoms with Crippen LogP contribution >= 0.6 is 0 Å². The van der Waals surface area contributed by atoms with Crippen LogP contribution in [0.15, 0.2) is 18.2 Å². The number of carbonyl (C=O) groups is 1. The van der Waals surface area contributed by atoms with Crippen LogP contribution in [0.3, 0.4) is 0 Å². The molecule has 0 aromatic heterocycles. The molecule has 92 valence electrons. The van der Waals surface area contributed by atoms with E-state index in [2.05, 4.69) is 11.8 Å². The van der Waals surface area contributed by atoms with Gasteiger partial charge in [-0.25, -0.2) is 4.79 Å². The molecule has 0 spiro atoms. The first-order chi connectivity index (χ1) is 8.09. The minimum atomic E-state index is -0.835. The summed E-state index contributed by atoms with van der Waals surface area (Å²) in [5.41, 5.74) is 2.41. The maximum atomic E-state index is 11.3. The number of hydrogen-bond donors (Lipinski definition) is 1. The normalized spacial score (nSPS) is 20.4. The van der Waals surface area contributed by atoms with Gasteiger partial charge < -0.3 is 10.0 Å². The number of piperidine rings is 1. The highest BCUT2D eigenvalue weighted by Crippen LogP contribution is 2.28. The maximum Gasteiger partial charge on any atom is 0.337 e. The van der Waals surface area contributed by atoms with E-state index in [1.54, 1.807) is 6.07 Å². The summed E-state index contributed by atoms with van der Waals surface area (Å²) in [6.07, 6.45) is 3.54. The van der Waals surface area contributed by atoms with Gasteiger partial charge in [0, 0.05) is 12.6 Å². The van der Waals surface area contributed by atoms with E-state index < -0.39 is 5.97 Å². The SMILES string of the molecule is Cc1ccc(C(=O)O)c(N2CCCCC2C)c1. The summed E-state index contributed by atoms with van der Waals surface area (Å²) in [5, 5.41) is 9.25. The molecule has 1 unspecified atom stereocenters. The second-order valence-electron chi connectivity index (χ2n) is 4.86. The van der Waals surface area contributed by atoms with Crippen LogP contribution in [0.4, 0.5) is 5.69 Å². The number of aryl methyl sites for hydroxylation is 1. The summed E-state index contributed by atoms with van der Waals surface area (Å²) in [5.74, 6) is -0.835. The van der Waals surface area contributed by atoms with E-state index in [1.807, 2.05) is 19.1 Å². The summed E-state index contributed by atoms with van der Waals surface area (Å²) >= 11 is 0. The van der Waals surface area contributed by atoms with Crippen molar-refractivity contribution >= 4 is 11.7 Å². The molecule has 2 rings (SSSR count). The van der Waals surface area contributed by atoms with Gasteiger partial charge in [0.05, 0.1) is 11.3 Å². The zero-order valence-electron chi connectivity index (χ0n) is 10.4. The third-order valence-electron chi connectivity index (χ3n) is 3.50. The van der Waals surface area contributed by atoms with Crippen LogP contribution < -0.4 is 4.90 Å². The van der Waals surface area contributed by atoms with Gasteiger partial charge in [-0.2, -0.15) is 0 Å². The first kappa shape index (κ1) is 12.0. The number of benzene rings is 1. The molecule has 3 nitrogen and oxygen atoms in total. The lowest BCUT2D eigenvalue weighted by atomic mass is 10.00. The summed E-state index contributed by atoms with van der Waals surface area (Å²) in [6, 6.07) is 6.00. The Kier molecular flexibility index (Phi) is 3.36. The van der Waals surface area contributed by atoms with Gasteiger partial charge in [-0.1, -0.05) is 6.07 Å². The third-order valence-corrected chi connectivity index (χ3v) is 3.50. The molecular weight excluding hydrogens is 214 g/mol. The number of rotatable bonds is 2. The van der Waals surface area contributed by atoms with Crippen molar-refractivity contribution in [3.63, 3.8) is 0 Å². The molecule has 0 amide bonds. The molecule has 1 heterocycles. The van der Waals surface area contributed by atoms with Gasteiger partial charge >= 0.3 is 5.97 Å². The van der Waals surface area contributed by atoms with Crippen molar-refractivity contribution in [3.8, 4) is 0 Å². The lowest BCUT2D eigenvalue weighted by Crippen LogP contribution is -2.38. The zero-order valence-corrected chi connectivity index (χ0v) is 10.4. The zero-order chi connectivity index (χ0) is 12.4. The van der Waals surface area contributed by atoms with Crippen molar-refractivity contribution in [1.82, 2.24) is 0 Å². The van der Waals surface area contributed by atoms with Gasteiger partial charge in [0.15, 0.2) is 0 Å². The van der Waals surface area contributed by atoms with E-state index in [4.69, 9.17) is 0 Å². The topological polar surface area (TPSA) is 40.5 Å². The first-order valence-corrected chi connectivity index (χ1v) is 6.20. The standard InChI is InChI=1S/C14H19NO2/c1-10-6-7-12(14(16)17)13(9-10)15-8-4-3-5-11(15)2/h6-7,9,11H,3-5,8H2,1-2H3,(H,16,17). The summed E-state index contributed by atoms with van der Waals surface area (Å²) in [7, 11) is 0. The van der Waals surface area contributed by atoms with Crippen LogP contribution in [0.25, 0.3) is 0 Å². The van der Waals surface area contributed by atoms with E-state index >= 15 is 0 Å². The fourth-order valence-electron chi connectivity index (χ4n) is 2.52. The molecule has 1 atom stereocenters. The highest BCUT2D eigenvalue weighted by Gasteiger charge is 2.22. The van der Waals surface area contributed by atoms with Gasteiger partial charge in [0.25, 0.3) is 0 Å². The Morgan fingerprint density at radius 2 is 2.18 bits per heavy atom. The van der Waals surface area contributed by atoms with Crippen LogP contribution in [0, 0.1) is 6.92 Å². The minimum absolute atomic E-state index is 0.421. The largest absolute Gasteiger partial charge is 0.478 e. The monoisotopic (exact) mass is 233 g/mol. The van der Waals surface area contributed by atoms with Gasteiger partial charge in [0.1, 0.15) is 0 Å². The van der Waals surface area contributed by atoms with E-state index in [0.29, 0.717) is 11.6 Å². The van der Waals surface area contributed by atoms with Gasteiger partial charge in [0.2, 0.25) is 0 Å². The lowest BCUT2D eigenvalue weighted by Gasteiger charge is -2.36. The maximum absolute atomic E-state index is 11.3. The fraction of sp³-hybridized carbons (Fsp3) is 0.500. The Morgan fingerprint density at radius 1 is 1.41 bits per heavy atom. The van der Waals surface area contributed by atoms with Crippen molar-refractivity contribution in [2.75, 3.05) is 11.4 Å². The number of carboxylic acid groups (broad SMARTS) is 1. The molecule has 1 aliphatic heterocycles. The van der Waals surface area contributed by atoms with Crippen molar-refractivity contribution in [1.29, 1.82) is 0 Å². The molecule has 1 aromatic rings. The summed E-state index contributed by atoms with van der Waals surface area (Å²) in [6.45, 7) is 5.14. The smallest absolute Gasteiger partial charge is 0.337 e. The number of anilines is 1. The molecule has 0 radical (unpaired) electrons. The quantitative estimate of drug-likeness (QED) is 0.853. The highest BCUT2D eigenvalue weighted by molar-refractivity contribution is 5.94. The summed E-state index contributed by atoms with van der Waals surface area (Å²) < 4.78 is 0. The summed E-state index contributed by atoms with van der Waals surface area (Å²) in [4.78, 5) is 13.5. The average molecular weight is 233 g/mol. The molecule has 1 aliphatic rings. The average Bonchev–Trinajstić information content (AvgIpc) is 2.29. The van der Waals surface area contributed by atoms with Gasteiger partial charge in [-0.3, -0.25) is 0 Å². The van der Waals surface area contributed by atoms with E-state index in [9.17, 15) is 9.90 Å². The Bertz CT molecular complexity index is 428. The van der Waals surface area contributed by atoms with Crippen molar-refractivity contribution in [3.05, 3.63) is 29.3 Å². The van der Waals surface area contributed by atoms with Crippen molar-refractivity contribution < 1.29 is 9.90 Å². The predicted octanol–water partition coefficient (Wildman–Crippen LogP) is 3.07. The number of carboxylic acids is 1. The predicted molar refractivity (Wildman–Crippen MR) is 68.8 cm³/mol. The van der Waals surface area contributed by atoms with Crippen LogP contribution in [0.1, 0.15) is 42.1 Å². The van der Waals surface area contributed by atoms with E-state index in [0.717, 1.165) is 30.6 Å². The van der Waals surface area contributed by atoms with E-state index in [-0.39, 0.29) is 0 Å². The molecule has 1 N–H and O–H groups in total. The third kappa shape index (κ3) is 2.43. The lowest BCUT2D eigenvalue weighted by molar-refractivity contribution is 0.0697.